The van der Waals surface area contributed by atoms with Crippen LogP contribution in [0.3, 0.4) is 0 Å². The lowest BCUT2D eigenvalue weighted by molar-refractivity contribution is -0.121. The Morgan fingerprint density at radius 1 is 1.00 bits per heavy atom. The number of carbonyl (C=O) groups is 2. The van der Waals surface area contributed by atoms with E-state index in [1.807, 2.05) is 6.07 Å². The van der Waals surface area contributed by atoms with Gasteiger partial charge in [0.2, 0.25) is 15.9 Å². The summed E-state index contributed by atoms with van der Waals surface area (Å²) < 4.78 is 26.4. The number of amides is 2. The van der Waals surface area contributed by atoms with Crippen LogP contribution in [0.4, 0.5) is 0 Å². The number of carbonyl (C=O) groups excluding carboxylic acids is 2. The molecule has 0 aliphatic carbocycles. The molecule has 1 aromatic carbocycles. The molecule has 2 amide bonds. The molecule has 0 saturated heterocycles. The van der Waals surface area contributed by atoms with Gasteiger partial charge in [0.1, 0.15) is 0 Å². The van der Waals surface area contributed by atoms with E-state index in [4.69, 9.17) is 5.26 Å². The first-order valence-corrected chi connectivity index (χ1v) is 10.3. The van der Waals surface area contributed by atoms with Crippen LogP contribution in [-0.2, 0) is 21.4 Å². The van der Waals surface area contributed by atoms with E-state index >= 15 is 0 Å². The highest BCUT2D eigenvalue weighted by molar-refractivity contribution is 7.89. The average molecular weight is 415 g/mol. The van der Waals surface area contributed by atoms with Crippen LogP contribution < -0.4 is 15.4 Å². The van der Waals surface area contributed by atoms with Crippen molar-refractivity contribution < 1.29 is 18.0 Å². The Labute approximate surface area is 169 Å². The van der Waals surface area contributed by atoms with Crippen molar-refractivity contribution >= 4 is 21.8 Å². The number of nitrogens with zero attached hydrogens (tertiary/aromatic N) is 2. The van der Waals surface area contributed by atoms with Gasteiger partial charge in [-0.15, -0.1) is 0 Å². The van der Waals surface area contributed by atoms with Gasteiger partial charge in [-0.2, -0.15) is 5.26 Å². The first-order chi connectivity index (χ1) is 13.9. The van der Waals surface area contributed by atoms with Gasteiger partial charge in [0.25, 0.3) is 5.91 Å². The summed E-state index contributed by atoms with van der Waals surface area (Å²) in [6.45, 7) is 0.550. The molecule has 0 bridgehead atoms. The molecule has 0 fully saturated rings. The van der Waals surface area contributed by atoms with Crippen molar-refractivity contribution in [2.24, 2.45) is 0 Å². The van der Waals surface area contributed by atoms with Gasteiger partial charge in [-0.05, 0) is 42.0 Å². The number of benzene rings is 1. The summed E-state index contributed by atoms with van der Waals surface area (Å²) in [6, 6.07) is 10.8. The predicted molar refractivity (Wildman–Crippen MR) is 105 cm³/mol. The molecule has 1 aromatic heterocycles. The van der Waals surface area contributed by atoms with Crippen molar-refractivity contribution in [3.63, 3.8) is 0 Å². The number of nitrogens with one attached hydrogen (secondary N) is 3. The van der Waals surface area contributed by atoms with E-state index < -0.39 is 15.9 Å². The molecular weight excluding hydrogens is 394 g/mol. The lowest BCUT2D eigenvalue weighted by atomic mass is 10.2. The van der Waals surface area contributed by atoms with Gasteiger partial charge >= 0.3 is 0 Å². The molecule has 152 valence electrons. The summed E-state index contributed by atoms with van der Waals surface area (Å²) in [5, 5.41) is 13.8. The van der Waals surface area contributed by atoms with Crippen LogP contribution in [0.2, 0.25) is 0 Å². The van der Waals surface area contributed by atoms with Gasteiger partial charge in [0.15, 0.2) is 0 Å². The van der Waals surface area contributed by atoms with Crippen LogP contribution in [0.5, 0.6) is 0 Å². The molecule has 0 unspecified atom stereocenters. The number of hydrogen-bond donors (Lipinski definition) is 3. The Bertz CT molecular complexity index is 970. The molecule has 0 spiro atoms. The fraction of sp³-hybridized carbons (Fsp3) is 0.263. The van der Waals surface area contributed by atoms with E-state index in [1.54, 1.807) is 24.5 Å². The minimum Gasteiger partial charge on any atom is -0.352 e. The molecule has 3 N–H and O–H groups in total. The van der Waals surface area contributed by atoms with Crippen molar-refractivity contribution in [1.29, 1.82) is 5.26 Å². The molecule has 2 aromatic rings. The maximum Gasteiger partial charge on any atom is 0.251 e. The molecule has 0 aliphatic rings. The van der Waals surface area contributed by atoms with Gasteiger partial charge < -0.3 is 10.6 Å². The quantitative estimate of drug-likeness (QED) is 0.488. The largest absolute Gasteiger partial charge is 0.352 e. The van der Waals surface area contributed by atoms with Crippen LogP contribution in [-0.4, -0.2) is 38.3 Å². The highest BCUT2D eigenvalue weighted by atomic mass is 32.2. The molecule has 0 aliphatic heterocycles. The van der Waals surface area contributed by atoms with Gasteiger partial charge in [-0.3, -0.25) is 14.6 Å². The van der Waals surface area contributed by atoms with Crippen LogP contribution in [0.1, 0.15) is 28.8 Å². The number of aromatic nitrogens is 1. The fourth-order valence-electron chi connectivity index (χ4n) is 2.29. The SMILES string of the molecule is N#CCCNS(=O)(=O)c1ccc(C(=O)NCCC(=O)NCc2ccncc2)cc1. The van der Waals surface area contributed by atoms with Gasteiger partial charge in [0, 0.05) is 50.4 Å². The van der Waals surface area contributed by atoms with E-state index in [1.165, 1.54) is 24.3 Å². The maximum atomic E-state index is 12.1. The normalized spacial score (nSPS) is 10.7. The molecule has 2 rings (SSSR count). The molecule has 0 radical (unpaired) electrons. The summed E-state index contributed by atoms with van der Waals surface area (Å²) in [6.07, 6.45) is 3.46. The third-order valence-corrected chi connectivity index (χ3v) is 5.31. The first-order valence-electron chi connectivity index (χ1n) is 8.83. The standard InChI is InChI=1S/C19H21N5O4S/c20-9-1-10-24-29(27,28)17-4-2-16(3-5-17)19(26)22-13-8-18(25)23-14-15-6-11-21-12-7-15/h2-7,11-12,24H,1,8,10,13-14H2,(H,22,26)(H,23,25). The minimum atomic E-state index is -3.72. The molecule has 9 nitrogen and oxygen atoms in total. The van der Waals surface area contributed by atoms with E-state index in [9.17, 15) is 18.0 Å². The highest BCUT2D eigenvalue weighted by Crippen LogP contribution is 2.10. The smallest absolute Gasteiger partial charge is 0.251 e. The molecule has 0 saturated carbocycles. The van der Waals surface area contributed by atoms with E-state index in [-0.39, 0.29) is 42.3 Å². The Kier molecular flexibility index (Phi) is 8.27. The Morgan fingerprint density at radius 2 is 1.69 bits per heavy atom. The second-order valence-corrected chi connectivity index (χ2v) is 7.74. The molecule has 0 atom stereocenters. The zero-order chi connectivity index (χ0) is 21.1. The first kappa shape index (κ1) is 22.0. The minimum absolute atomic E-state index is 0.00230. The average Bonchev–Trinajstić information content (AvgIpc) is 2.73. The Balaban J connectivity index is 1.77. The van der Waals surface area contributed by atoms with Crippen LogP contribution in [0.15, 0.2) is 53.7 Å². The molecule has 1 heterocycles. The van der Waals surface area contributed by atoms with E-state index in [2.05, 4.69) is 20.3 Å². The summed E-state index contributed by atoms with van der Waals surface area (Å²) >= 11 is 0. The molecule has 10 heteroatoms. The van der Waals surface area contributed by atoms with E-state index in [0.717, 1.165) is 5.56 Å². The number of hydrogen-bond acceptors (Lipinski definition) is 6. The Hall–Kier alpha value is -3.29. The van der Waals surface area contributed by atoms with Crippen molar-refractivity contribution in [1.82, 2.24) is 20.3 Å². The summed E-state index contributed by atoms with van der Waals surface area (Å²) in [5.41, 5.74) is 1.20. The third kappa shape index (κ3) is 7.33. The van der Waals surface area contributed by atoms with Crippen LogP contribution >= 0.6 is 0 Å². The molecular formula is C19H21N5O4S. The molecule has 29 heavy (non-hydrogen) atoms. The van der Waals surface area contributed by atoms with E-state index in [0.29, 0.717) is 6.54 Å². The van der Waals surface area contributed by atoms with Crippen molar-refractivity contribution in [2.75, 3.05) is 13.1 Å². The number of pyridine rings is 1. The summed E-state index contributed by atoms with van der Waals surface area (Å²) in [7, 11) is -3.72. The fourth-order valence-corrected chi connectivity index (χ4v) is 3.32. The predicted octanol–water partition coefficient (Wildman–Crippen LogP) is 0.710. The zero-order valence-corrected chi connectivity index (χ0v) is 16.4. The highest BCUT2D eigenvalue weighted by Gasteiger charge is 2.14. The van der Waals surface area contributed by atoms with Crippen LogP contribution in [0, 0.1) is 11.3 Å². The lowest BCUT2D eigenvalue weighted by Crippen LogP contribution is -2.30. The van der Waals surface area contributed by atoms with Gasteiger partial charge in [-0.1, -0.05) is 0 Å². The van der Waals surface area contributed by atoms with Crippen molar-refractivity contribution in [3.05, 3.63) is 59.9 Å². The third-order valence-electron chi connectivity index (χ3n) is 3.83. The second kappa shape index (κ2) is 10.9. The summed E-state index contributed by atoms with van der Waals surface area (Å²) in [4.78, 5) is 27.9. The zero-order valence-electron chi connectivity index (χ0n) is 15.6. The lowest BCUT2D eigenvalue weighted by Gasteiger charge is -2.08. The summed E-state index contributed by atoms with van der Waals surface area (Å²) in [5.74, 6) is -0.611. The number of nitriles is 1. The number of rotatable bonds is 10. The van der Waals surface area contributed by atoms with Gasteiger partial charge in [0.05, 0.1) is 11.0 Å². The second-order valence-electron chi connectivity index (χ2n) is 5.97. The number of sulfonamides is 1. The van der Waals surface area contributed by atoms with Crippen LogP contribution in [0.25, 0.3) is 0 Å². The van der Waals surface area contributed by atoms with Crippen molar-refractivity contribution in [3.8, 4) is 6.07 Å². The van der Waals surface area contributed by atoms with Gasteiger partial charge in [-0.25, -0.2) is 13.1 Å². The monoisotopic (exact) mass is 415 g/mol. The topological polar surface area (TPSA) is 141 Å². The maximum absolute atomic E-state index is 12.1. The Morgan fingerprint density at radius 3 is 2.34 bits per heavy atom. The van der Waals surface area contributed by atoms with Crippen molar-refractivity contribution in [2.45, 2.75) is 24.3 Å².